The predicted molar refractivity (Wildman–Crippen MR) is 118 cm³/mol. The lowest BCUT2D eigenvalue weighted by atomic mass is 9.95. The van der Waals surface area contributed by atoms with Crippen molar-refractivity contribution in [3.05, 3.63) is 77.2 Å². The molecular weight excluding hydrogens is 366 g/mol. The van der Waals surface area contributed by atoms with E-state index in [0.29, 0.717) is 5.57 Å². The molecule has 2 N–H and O–H groups in total. The van der Waals surface area contributed by atoms with Gasteiger partial charge in [0.15, 0.2) is 12.0 Å². The van der Waals surface area contributed by atoms with Crippen molar-refractivity contribution in [1.82, 2.24) is 0 Å². The van der Waals surface area contributed by atoms with Crippen molar-refractivity contribution >= 4 is 28.4 Å². The molecule has 1 atom stereocenters. The summed E-state index contributed by atoms with van der Waals surface area (Å²) in [6, 6.07) is 17.2. The first-order chi connectivity index (χ1) is 13.6. The summed E-state index contributed by atoms with van der Waals surface area (Å²) in [5.74, 6) is 0.0767. The van der Waals surface area contributed by atoms with Gasteiger partial charge in [0, 0.05) is 10.4 Å². The number of hydrogen-bond donors (Lipinski definition) is 1. The standard InChI is InChI=1S/C24H27NO2S/c1-2-3-4-5-9-15-20(28)18-13-10-14-19(16-18)21-22(26)23(27-24(21)25)17-11-7-6-8-12-17/h6-8,10-14,16,23H,2-5,9,15,25H2,1H3. The third-order valence-corrected chi connectivity index (χ3v) is 5.50. The molecule has 0 aromatic heterocycles. The van der Waals surface area contributed by atoms with Crippen LogP contribution in [-0.2, 0) is 9.53 Å². The van der Waals surface area contributed by atoms with Gasteiger partial charge in [0.25, 0.3) is 0 Å². The number of Topliss-reactive ketones (excluding diaryl/α,β-unsaturated/α-hetero) is 1. The maximum Gasteiger partial charge on any atom is 0.213 e. The van der Waals surface area contributed by atoms with Gasteiger partial charge in [0.05, 0.1) is 5.57 Å². The summed E-state index contributed by atoms with van der Waals surface area (Å²) in [7, 11) is 0. The normalized spacial score (nSPS) is 16.3. The number of ether oxygens (including phenoxy) is 1. The SMILES string of the molecule is CCCCCCCC(=S)c1cccc(C2=C(N)OC(c3ccccc3)C2=O)c1. The van der Waals surface area contributed by atoms with E-state index in [9.17, 15) is 4.79 Å². The first kappa shape index (κ1) is 20.3. The fraction of sp³-hybridized carbons (Fsp3) is 0.333. The van der Waals surface area contributed by atoms with Gasteiger partial charge in [0.2, 0.25) is 5.78 Å². The second-order valence-electron chi connectivity index (χ2n) is 7.18. The van der Waals surface area contributed by atoms with Crippen molar-refractivity contribution in [1.29, 1.82) is 0 Å². The highest BCUT2D eigenvalue weighted by Crippen LogP contribution is 2.36. The maximum atomic E-state index is 13.0. The van der Waals surface area contributed by atoms with E-state index >= 15 is 0 Å². The van der Waals surface area contributed by atoms with Crippen LogP contribution in [0.25, 0.3) is 5.57 Å². The lowest BCUT2D eigenvalue weighted by Gasteiger charge is -2.10. The Kier molecular flexibility index (Phi) is 6.99. The zero-order chi connectivity index (χ0) is 19.9. The number of carbonyl (C=O) groups excluding carboxylic acids is 1. The Hall–Kier alpha value is -2.46. The minimum Gasteiger partial charge on any atom is -0.462 e. The Labute approximate surface area is 172 Å². The van der Waals surface area contributed by atoms with Gasteiger partial charge in [-0.1, -0.05) is 93.4 Å². The molecule has 0 amide bonds. The zero-order valence-corrected chi connectivity index (χ0v) is 17.1. The second-order valence-corrected chi connectivity index (χ2v) is 7.67. The topological polar surface area (TPSA) is 52.3 Å². The summed E-state index contributed by atoms with van der Waals surface area (Å²) in [5.41, 5.74) is 9.10. The van der Waals surface area contributed by atoms with Crippen molar-refractivity contribution < 1.29 is 9.53 Å². The molecule has 4 heteroatoms. The summed E-state index contributed by atoms with van der Waals surface area (Å²) >= 11 is 5.63. The molecule has 0 saturated heterocycles. The van der Waals surface area contributed by atoms with Gasteiger partial charge in [0.1, 0.15) is 0 Å². The number of rotatable bonds is 9. The van der Waals surface area contributed by atoms with Crippen LogP contribution >= 0.6 is 12.2 Å². The Morgan fingerprint density at radius 1 is 1.04 bits per heavy atom. The number of hydrogen-bond acceptors (Lipinski definition) is 4. The van der Waals surface area contributed by atoms with Gasteiger partial charge in [-0.05, 0) is 30.0 Å². The van der Waals surface area contributed by atoms with Crippen molar-refractivity contribution in [2.75, 3.05) is 0 Å². The van der Waals surface area contributed by atoms with E-state index in [1.165, 1.54) is 25.7 Å². The lowest BCUT2D eigenvalue weighted by Crippen LogP contribution is -2.09. The predicted octanol–water partition coefficient (Wildman–Crippen LogP) is 5.73. The number of benzene rings is 2. The Morgan fingerprint density at radius 3 is 2.54 bits per heavy atom. The fourth-order valence-electron chi connectivity index (χ4n) is 3.51. The van der Waals surface area contributed by atoms with Crippen LogP contribution in [0.2, 0.25) is 0 Å². The van der Waals surface area contributed by atoms with Crippen LogP contribution in [0.1, 0.15) is 68.2 Å². The minimum atomic E-state index is -0.676. The van der Waals surface area contributed by atoms with Gasteiger partial charge in [-0.25, -0.2) is 0 Å². The zero-order valence-electron chi connectivity index (χ0n) is 16.3. The number of ketones is 1. The molecular formula is C24H27NO2S. The van der Waals surface area contributed by atoms with Crippen molar-refractivity contribution in [2.24, 2.45) is 5.73 Å². The second kappa shape index (κ2) is 9.65. The monoisotopic (exact) mass is 393 g/mol. The van der Waals surface area contributed by atoms with E-state index in [4.69, 9.17) is 22.7 Å². The third-order valence-electron chi connectivity index (χ3n) is 5.06. The van der Waals surface area contributed by atoms with Gasteiger partial charge in [-0.2, -0.15) is 0 Å². The number of nitrogens with two attached hydrogens (primary N) is 1. The summed E-state index contributed by atoms with van der Waals surface area (Å²) in [4.78, 5) is 13.9. The van der Waals surface area contributed by atoms with E-state index in [0.717, 1.165) is 34.4 Å². The first-order valence-corrected chi connectivity index (χ1v) is 10.4. The molecule has 146 valence electrons. The summed E-state index contributed by atoms with van der Waals surface area (Å²) in [6.45, 7) is 2.22. The quantitative estimate of drug-likeness (QED) is 0.336. The van der Waals surface area contributed by atoms with Crippen molar-refractivity contribution in [2.45, 2.75) is 51.6 Å². The molecule has 2 aromatic rings. The fourth-order valence-corrected chi connectivity index (χ4v) is 3.78. The van der Waals surface area contributed by atoms with Gasteiger partial charge < -0.3 is 10.5 Å². The highest BCUT2D eigenvalue weighted by atomic mass is 32.1. The molecule has 1 aliphatic heterocycles. The summed E-state index contributed by atoms with van der Waals surface area (Å²) < 4.78 is 5.70. The smallest absolute Gasteiger partial charge is 0.213 e. The molecule has 0 fully saturated rings. The van der Waals surface area contributed by atoms with Crippen LogP contribution in [-0.4, -0.2) is 10.6 Å². The van der Waals surface area contributed by atoms with Crippen LogP contribution in [0, 0.1) is 0 Å². The highest BCUT2D eigenvalue weighted by molar-refractivity contribution is 7.80. The van der Waals surface area contributed by atoms with E-state index < -0.39 is 6.10 Å². The minimum absolute atomic E-state index is 0.105. The molecule has 0 spiro atoms. The van der Waals surface area contributed by atoms with E-state index in [1.807, 2.05) is 54.6 Å². The molecule has 1 heterocycles. The molecule has 0 radical (unpaired) electrons. The van der Waals surface area contributed by atoms with Crippen molar-refractivity contribution in [3.63, 3.8) is 0 Å². The average molecular weight is 394 g/mol. The molecule has 0 aliphatic carbocycles. The van der Waals surface area contributed by atoms with Crippen LogP contribution in [0.3, 0.4) is 0 Å². The van der Waals surface area contributed by atoms with Gasteiger partial charge in [-0.3, -0.25) is 4.79 Å². The maximum absolute atomic E-state index is 13.0. The van der Waals surface area contributed by atoms with Crippen LogP contribution in [0.5, 0.6) is 0 Å². The molecule has 28 heavy (non-hydrogen) atoms. The number of thiocarbonyl (C=S) groups is 1. The number of unbranched alkanes of at least 4 members (excludes halogenated alkanes) is 4. The number of carbonyl (C=O) groups is 1. The van der Waals surface area contributed by atoms with E-state index in [1.54, 1.807) is 0 Å². The molecule has 1 unspecified atom stereocenters. The van der Waals surface area contributed by atoms with Crippen LogP contribution < -0.4 is 5.73 Å². The molecule has 2 aromatic carbocycles. The van der Waals surface area contributed by atoms with Crippen LogP contribution in [0.15, 0.2) is 60.5 Å². The molecule has 0 bridgehead atoms. The highest BCUT2D eigenvalue weighted by Gasteiger charge is 2.35. The Morgan fingerprint density at radius 2 is 1.79 bits per heavy atom. The molecule has 1 aliphatic rings. The Bertz CT molecular complexity index is 873. The third kappa shape index (κ3) is 4.68. The average Bonchev–Trinajstić information content (AvgIpc) is 3.02. The Balaban J connectivity index is 1.72. The summed E-state index contributed by atoms with van der Waals surface area (Å²) in [5, 5.41) is 0. The van der Waals surface area contributed by atoms with E-state index in [-0.39, 0.29) is 11.7 Å². The van der Waals surface area contributed by atoms with Crippen molar-refractivity contribution in [3.8, 4) is 0 Å². The van der Waals surface area contributed by atoms with Gasteiger partial charge in [-0.15, -0.1) is 0 Å². The summed E-state index contributed by atoms with van der Waals surface area (Å²) in [6.07, 6.45) is 6.31. The first-order valence-electron chi connectivity index (χ1n) is 10.0. The van der Waals surface area contributed by atoms with E-state index in [2.05, 4.69) is 6.92 Å². The molecule has 3 nitrogen and oxygen atoms in total. The molecule has 0 saturated carbocycles. The lowest BCUT2D eigenvalue weighted by molar-refractivity contribution is -0.120. The largest absolute Gasteiger partial charge is 0.462 e. The molecule has 3 rings (SSSR count). The van der Waals surface area contributed by atoms with Gasteiger partial charge >= 0.3 is 0 Å². The van der Waals surface area contributed by atoms with Crippen LogP contribution in [0.4, 0.5) is 0 Å².